The predicted octanol–water partition coefficient (Wildman–Crippen LogP) is 4.50. The van der Waals surface area contributed by atoms with Crippen molar-refractivity contribution in [1.29, 1.82) is 0 Å². The van der Waals surface area contributed by atoms with Crippen molar-refractivity contribution in [3.63, 3.8) is 0 Å². The second-order valence-electron chi connectivity index (χ2n) is 8.84. The summed E-state index contributed by atoms with van der Waals surface area (Å²) in [6.07, 6.45) is 2.34. The van der Waals surface area contributed by atoms with Crippen LogP contribution in [-0.4, -0.2) is 49.3 Å². The molecule has 0 bridgehead atoms. The van der Waals surface area contributed by atoms with Crippen molar-refractivity contribution in [3.8, 4) is 5.75 Å². The largest absolute Gasteiger partial charge is 0.493 e. The summed E-state index contributed by atoms with van der Waals surface area (Å²) >= 11 is 0. The number of ether oxygens (including phenoxy) is 1. The monoisotopic (exact) mass is 413 g/mol. The van der Waals surface area contributed by atoms with Gasteiger partial charge in [0.05, 0.1) is 6.61 Å². The Morgan fingerprint density at radius 3 is 2.30 bits per heavy atom. The van der Waals surface area contributed by atoms with Gasteiger partial charge in [0, 0.05) is 25.8 Å². The highest BCUT2D eigenvalue weighted by Gasteiger charge is 2.23. The molecule has 4 nitrogen and oxygen atoms in total. The van der Waals surface area contributed by atoms with Crippen LogP contribution in [0.1, 0.15) is 37.8 Å². The highest BCUT2D eigenvalue weighted by atomic mass is 19.1. The minimum atomic E-state index is -0.177. The van der Waals surface area contributed by atoms with Crippen LogP contribution in [0.15, 0.2) is 48.5 Å². The quantitative estimate of drug-likeness (QED) is 0.580. The lowest BCUT2D eigenvalue weighted by Crippen LogP contribution is -2.46. The zero-order chi connectivity index (χ0) is 21.3. The van der Waals surface area contributed by atoms with E-state index in [1.165, 1.54) is 18.4 Å². The molecule has 1 N–H and O–H groups in total. The van der Waals surface area contributed by atoms with Crippen molar-refractivity contribution in [1.82, 2.24) is 15.1 Å². The number of likely N-dealkylation sites (tertiary alicyclic amines) is 1. The van der Waals surface area contributed by atoms with E-state index in [2.05, 4.69) is 48.1 Å². The van der Waals surface area contributed by atoms with Gasteiger partial charge in [-0.2, -0.15) is 0 Å². The van der Waals surface area contributed by atoms with Gasteiger partial charge >= 0.3 is 0 Å². The molecule has 2 aromatic rings. The Morgan fingerprint density at radius 1 is 1.03 bits per heavy atom. The SMILES string of the molecule is CC(C)COc1ccc(CNCN(Cc2ccc(F)cc2)C2CCN(C)CC2)cc1. The summed E-state index contributed by atoms with van der Waals surface area (Å²) in [5, 5.41) is 3.61. The Morgan fingerprint density at radius 2 is 1.67 bits per heavy atom. The molecule has 0 unspecified atom stereocenters. The van der Waals surface area contributed by atoms with E-state index in [0.29, 0.717) is 12.0 Å². The van der Waals surface area contributed by atoms with Crippen LogP contribution >= 0.6 is 0 Å². The minimum Gasteiger partial charge on any atom is -0.493 e. The number of nitrogens with zero attached hydrogens (tertiary/aromatic N) is 2. The highest BCUT2D eigenvalue weighted by molar-refractivity contribution is 5.27. The normalized spacial score (nSPS) is 15.8. The molecule has 1 aliphatic heterocycles. The van der Waals surface area contributed by atoms with Crippen LogP contribution in [0, 0.1) is 11.7 Å². The summed E-state index contributed by atoms with van der Waals surface area (Å²) < 4.78 is 19.1. The lowest BCUT2D eigenvalue weighted by molar-refractivity contribution is 0.106. The molecule has 1 fully saturated rings. The predicted molar refractivity (Wildman–Crippen MR) is 121 cm³/mol. The summed E-state index contributed by atoms with van der Waals surface area (Å²) in [6, 6.07) is 15.8. The Bertz CT molecular complexity index is 740. The van der Waals surface area contributed by atoms with E-state index in [0.717, 1.165) is 50.8 Å². The van der Waals surface area contributed by atoms with Crippen LogP contribution in [0.4, 0.5) is 4.39 Å². The molecule has 1 saturated heterocycles. The molecule has 30 heavy (non-hydrogen) atoms. The van der Waals surface area contributed by atoms with Crippen molar-refractivity contribution in [2.75, 3.05) is 33.4 Å². The average molecular weight is 414 g/mol. The standard InChI is InChI=1S/C25H36FN3O/c1-20(2)18-30-25-10-6-21(7-11-25)16-27-19-29(24-12-14-28(3)15-13-24)17-22-4-8-23(26)9-5-22/h4-11,20,24,27H,12-19H2,1-3H3. The summed E-state index contributed by atoms with van der Waals surface area (Å²) in [7, 11) is 2.19. The van der Waals surface area contributed by atoms with Crippen LogP contribution in [0.25, 0.3) is 0 Å². The molecule has 0 atom stereocenters. The molecular weight excluding hydrogens is 377 g/mol. The topological polar surface area (TPSA) is 27.7 Å². The molecule has 3 rings (SSSR count). The van der Waals surface area contributed by atoms with E-state index in [1.54, 1.807) is 12.1 Å². The molecule has 0 radical (unpaired) electrons. The van der Waals surface area contributed by atoms with Crippen LogP contribution in [0.3, 0.4) is 0 Å². The van der Waals surface area contributed by atoms with Crippen LogP contribution in [-0.2, 0) is 13.1 Å². The number of benzene rings is 2. The molecular formula is C25H36FN3O. The maximum atomic E-state index is 13.3. The molecule has 0 aromatic heterocycles. The van der Waals surface area contributed by atoms with Crippen molar-refractivity contribution in [2.24, 2.45) is 5.92 Å². The first-order valence-electron chi connectivity index (χ1n) is 11.1. The average Bonchev–Trinajstić information content (AvgIpc) is 2.74. The minimum absolute atomic E-state index is 0.177. The third kappa shape index (κ3) is 7.38. The first kappa shape index (κ1) is 22.7. The number of hydrogen-bond acceptors (Lipinski definition) is 4. The molecule has 0 spiro atoms. The second-order valence-corrected chi connectivity index (χ2v) is 8.84. The number of nitrogens with one attached hydrogen (secondary N) is 1. The number of halogens is 1. The van der Waals surface area contributed by atoms with Gasteiger partial charge in [-0.05, 0) is 74.3 Å². The second kappa shape index (κ2) is 11.4. The van der Waals surface area contributed by atoms with Gasteiger partial charge in [-0.15, -0.1) is 0 Å². The molecule has 5 heteroatoms. The summed E-state index contributed by atoms with van der Waals surface area (Å²) in [5.41, 5.74) is 2.40. The number of rotatable bonds is 10. The fraction of sp³-hybridized carbons (Fsp3) is 0.520. The van der Waals surface area contributed by atoms with Gasteiger partial charge in [0.2, 0.25) is 0 Å². The molecule has 0 saturated carbocycles. The van der Waals surface area contributed by atoms with Gasteiger partial charge < -0.3 is 15.0 Å². The lowest BCUT2D eigenvalue weighted by atomic mass is 10.0. The van der Waals surface area contributed by atoms with Crippen LogP contribution < -0.4 is 10.1 Å². The van der Waals surface area contributed by atoms with Crippen molar-refractivity contribution in [2.45, 2.75) is 45.8 Å². The van der Waals surface area contributed by atoms with Crippen molar-refractivity contribution >= 4 is 0 Å². The highest BCUT2D eigenvalue weighted by Crippen LogP contribution is 2.18. The fourth-order valence-electron chi connectivity index (χ4n) is 3.81. The van der Waals surface area contributed by atoms with Gasteiger partial charge in [-0.3, -0.25) is 4.90 Å². The smallest absolute Gasteiger partial charge is 0.123 e. The van der Waals surface area contributed by atoms with E-state index in [9.17, 15) is 4.39 Å². The molecule has 0 amide bonds. The van der Waals surface area contributed by atoms with E-state index >= 15 is 0 Å². The van der Waals surface area contributed by atoms with Gasteiger partial charge in [0.25, 0.3) is 0 Å². The first-order valence-corrected chi connectivity index (χ1v) is 11.1. The zero-order valence-electron chi connectivity index (χ0n) is 18.6. The van der Waals surface area contributed by atoms with Gasteiger partial charge in [-0.1, -0.05) is 38.1 Å². The fourth-order valence-corrected chi connectivity index (χ4v) is 3.81. The maximum absolute atomic E-state index is 13.3. The molecule has 1 aliphatic rings. The van der Waals surface area contributed by atoms with Crippen LogP contribution in [0.5, 0.6) is 5.75 Å². The van der Waals surface area contributed by atoms with Crippen molar-refractivity contribution < 1.29 is 9.13 Å². The molecule has 164 valence electrons. The van der Waals surface area contributed by atoms with Crippen LogP contribution in [0.2, 0.25) is 0 Å². The summed E-state index contributed by atoms with van der Waals surface area (Å²) in [5.74, 6) is 1.28. The van der Waals surface area contributed by atoms with E-state index in [1.807, 2.05) is 24.3 Å². The van der Waals surface area contributed by atoms with E-state index in [-0.39, 0.29) is 5.82 Å². The van der Waals surface area contributed by atoms with Gasteiger partial charge in [0.1, 0.15) is 11.6 Å². The van der Waals surface area contributed by atoms with E-state index < -0.39 is 0 Å². The summed E-state index contributed by atoms with van der Waals surface area (Å²) in [6.45, 7) is 9.77. The molecule has 1 heterocycles. The molecule has 0 aliphatic carbocycles. The Hall–Kier alpha value is -1.95. The lowest BCUT2D eigenvalue weighted by Gasteiger charge is -2.37. The zero-order valence-corrected chi connectivity index (χ0v) is 18.6. The van der Waals surface area contributed by atoms with Gasteiger partial charge in [-0.25, -0.2) is 4.39 Å². The Labute approximate surface area is 181 Å². The first-order chi connectivity index (χ1) is 14.5. The number of piperidine rings is 1. The molecule has 2 aromatic carbocycles. The third-order valence-corrected chi connectivity index (χ3v) is 5.65. The summed E-state index contributed by atoms with van der Waals surface area (Å²) in [4.78, 5) is 4.89. The number of hydrogen-bond donors (Lipinski definition) is 1. The van der Waals surface area contributed by atoms with Crippen molar-refractivity contribution in [3.05, 3.63) is 65.5 Å². The maximum Gasteiger partial charge on any atom is 0.123 e. The third-order valence-electron chi connectivity index (χ3n) is 5.65. The Kier molecular flexibility index (Phi) is 8.67. The Balaban J connectivity index is 1.54. The van der Waals surface area contributed by atoms with E-state index in [4.69, 9.17) is 4.74 Å². The van der Waals surface area contributed by atoms with Gasteiger partial charge in [0.15, 0.2) is 0 Å².